The molecule has 8 heteroatoms. The molecular formula is C20H17N5O3. The topological polar surface area (TPSA) is 91.2 Å². The van der Waals surface area contributed by atoms with Crippen molar-refractivity contribution in [3.63, 3.8) is 0 Å². The van der Waals surface area contributed by atoms with Gasteiger partial charge in [0.15, 0.2) is 0 Å². The molecule has 0 radical (unpaired) electrons. The van der Waals surface area contributed by atoms with Gasteiger partial charge in [-0.05, 0) is 36.4 Å². The van der Waals surface area contributed by atoms with Crippen LogP contribution in [0, 0.1) is 0 Å². The molecule has 0 atom stereocenters. The molecule has 0 saturated carbocycles. The summed E-state index contributed by atoms with van der Waals surface area (Å²) in [5.41, 5.74) is 2.64. The molecule has 4 aromatic rings. The number of rotatable bonds is 5. The van der Waals surface area contributed by atoms with E-state index in [2.05, 4.69) is 20.3 Å². The number of carbonyl (C=O) groups excluding carboxylic acids is 1. The standard InChI is InChI=1S/C20H17N5O3/c1-27-14-9-7-13(8-10-14)25-17-6-4-3-5-15(17)23-20(25)24-19(26)16-11-18(28-2)22-12-21-16/h3-12H,1-2H3,(H,23,24,26). The number of fused-ring (bicyclic) bond motifs is 1. The number of hydrogen-bond acceptors (Lipinski definition) is 6. The summed E-state index contributed by atoms with van der Waals surface area (Å²) in [7, 11) is 3.09. The highest BCUT2D eigenvalue weighted by Crippen LogP contribution is 2.26. The maximum Gasteiger partial charge on any atom is 0.276 e. The average molecular weight is 375 g/mol. The van der Waals surface area contributed by atoms with Crippen molar-refractivity contribution in [2.75, 3.05) is 19.5 Å². The Balaban J connectivity index is 1.76. The van der Waals surface area contributed by atoms with Crippen molar-refractivity contribution in [3.8, 4) is 17.3 Å². The Hall–Kier alpha value is -3.94. The third kappa shape index (κ3) is 3.23. The number of carbonyl (C=O) groups is 1. The van der Waals surface area contributed by atoms with Gasteiger partial charge in [-0.1, -0.05) is 12.1 Å². The quantitative estimate of drug-likeness (QED) is 0.576. The molecule has 0 spiro atoms. The SMILES string of the molecule is COc1ccc(-n2c(NC(=O)c3cc(OC)ncn3)nc3ccccc32)cc1. The van der Waals surface area contributed by atoms with Gasteiger partial charge in [0.2, 0.25) is 11.8 Å². The van der Waals surface area contributed by atoms with Crippen LogP contribution in [-0.4, -0.2) is 39.6 Å². The van der Waals surface area contributed by atoms with Gasteiger partial charge in [0, 0.05) is 11.8 Å². The van der Waals surface area contributed by atoms with E-state index in [4.69, 9.17) is 9.47 Å². The van der Waals surface area contributed by atoms with Gasteiger partial charge >= 0.3 is 0 Å². The molecule has 8 nitrogen and oxygen atoms in total. The number of hydrogen-bond donors (Lipinski definition) is 1. The number of benzene rings is 2. The highest BCUT2D eigenvalue weighted by atomic mass is 16.5. The van der Waals surface area contributed by atoms with Crippen LogP contribution < -0.4 is 14.8 Å². The second-order valence-corrected chi connectivity index (χ2v) is 5.86. The van der Waals surface area contributed by atoms with E-state index in [-0.39, 0.29) is 5.69 Å². The zero-order chi connectivity index (χ0) is 19.5. The van der Waals surface area contributed by atoms with Crippen molar-refractivity contribution in [1.82, 2.24) is 19.5 Å². The summed E-state index contributed by atoms with van der Waals surface area (Å²) in [6, 6.07) is 16.6. The zero-order valence-electron chi connectivity index (χ0n) is 15.3. The first-order valence-corrected chi connectivity index (χ1v) is 8.49. The molecule has 2 heterocycles. The van der Waals surface area contributed by atoms with E-state index in [1.807, 2.05) is 53.1 Å². The fourth-order valence-corrected chi connectivity index (χ4v) is 2.84. The van der Waals surface area contributed by atoms with Crippen LogP contribution in [0.15, 0.2) is 60.9 Å². The molecule has 4 rings (SSSR count). The Bertz CT molecular complexity index is 1140. The van der Waals surface area contributed by atoms with Gasteiger partial charge in [0.25, 0.3) is 5.91 Å². The molecule has 0 aliphatic rings. The Labute approximate surface area is 160 Å². The monoisotopic (exact) mass is 375 g/mol. The van der Waals surface area contributed by atoms with Crippen molar-refractivity contribution in [3.05, 3.63) is 66.6 Å². The number of amides is 1. The van der Waals surface area contributed by atoms with E-state index in [1.165, 1.54) is 19.5 Å². The fourth-order valence-electron chi connectivity index (χ4n) is 2.84. The molecule has 0 saturated heterocycles. The zero-order valence-corrected chi connectivity index (χ0v) is 15.3. The van der Waals surface area contributed by atoms with E-state index in [0.717, 1.165) is 22.5 Å². The van der Waals surface area contributed by atoms with E-state index in [1.54, 1.807) is 7.11 Å². The normalized spacial score (nSPS) is 10.6. The maximum atomic E-state index is 12.7. The van der Waals surface area contributed by atoms with Gasteiger partial charge in [-0.2, -0.15) is 0 Å². The first kappa shape index (κ1) is 17.5. The molecule has 2 aromatic carbocycles. The summed E-state index contributed by atoms with van der Waals surface area (Å²) in [6.45, 7) is 0. The van der Waals surface area contributed by atoms with Crippen molar-refractivity contribution in [1.29, 1.82) is 0 Å². The minimum atomic E-state index is -0.411. The van der Waals surface area contributed by atoms with Gasteiger partial charge in [0.1, 0.15) is 17.8 Å². The lowest BCUT2D eigenvalue weighted by atomic mass is 10.2. The van der Waals surface area contributed by atoms with Gasteiger partial charge in [-0.15, -0.1) is 0 Å². The number of imidazole rings is 1. The van der Waals surface area contributed by atoms with Crippen LogP contribution in [0.4, 0.5) is 5.95 Å². The highest BCUT2D eigenvalue weighted by Gasteiger charge is 2.17. The van der Waals surface area contributed by atoms with Crippen molar-refractivity contribution in [2.45, 2.75) is 0 Å². The minimum Gasteiger partial charge on any atom is -0.497 e. The smallest absolute Gasteiger partial charge is 0.276 e. The predicted octanol–water partition coefficient (Wildman–Crippen LogP) is 3.09. The number of nitrogens with zero attached hydrogens (tertiary/aromatic N) is 4. The number of nitrogens with one attached hydrogen (secondary N) is 1. The lowest BCUT2D eigenvalue weighted by molar-refractivity contribution is 0.102. The van der Waals surface area contributed by atoms with Crippen LogP contribution in [-0.2, 0) is 0 Å². The predicted molar refractivity (Wildman–Crippen MR) is 104 cm³/mol. The van der Waals surface area contributed by atoms with E-state index in [0.29, 0.717) is 11.8 Å². The average Bonchev–Trinajstić information content (AvgIpc) is 3.11. The van der Waals surface area contributed by atoms with Crippen LogP contribution in [0.3, 0.4) is 0 Å². The molecular weight excluding hydrogens is 358 g/mol. The summed E-state index contributed by atoms with van der Waals surface area (Å²) >= 11 is 0. The molecule has 0 bridgehead atoms. The van der Waals surface area contributed by atoms with Gasteiger partial charge in [-0.3, -0.25) is 14.7 Å². The molecule has 1 N–H and O–H groups in total. The van der Waals surface area contributed by atoms with Crippen LogP contribution >= 0.6 is 0 Å². The third-order valence-corrected chi connectivity index (χ3v) is 4.20. The second-order valence-electron chi connectivity index (χ2n) is 5.86. The van der Waals surface area contributed by atoms with Crippen LogP contribution in [0.1, 0.15) is 10.5 Å². The van der Waals surface area contributed by atoms with Crippen LogP contribution in [0.2, 0.25) is 0 Å². The first-order valence-electron chi connectivity index (χ1n) is 8.49. The molecule has 0 aliphatic heterocycles. The summed E-state index contributed by atoms with van der Waals surface area (Å²) < 4.78 is 12.1. The summed E-state index contributed by atoms with van der Waals surface area (Å²) in [5, 5.41) is 2.83. The molecule has 1 amide bonds. The Morgan fingerprint density at radius 3 is 2.54 bits per heavy atom. The largest absolute Gasteiger partial charge is 0.497 e. The lowest BCUT2D eigenvalue weighted by Gasteiger charge is -2.11. The summed E-state index contributed by atoms with van der Waals surface area (Å²) in [4.78, 5) is 25.2. The van der Waals surface area contributed by atoms with Crippen molar-refractivity contribution >= 4 is 22.9 Å². The van der Waals surface area contributed by atoms with E-state index >= 15 is 0 Å². The Morgan fingerprint density at radius 1 is 1.00 bits per heavy atom. The number of aromatic nitrogens is 4. The van der Waals surface area contributed by atoms with Crippen LogP contribution in [0.5, 0.6) is 11.6 Å². The third-order valence-electron chi connectivity index (χ3n) is 4.20. The van der Waals surface area contributed by atoms with Gasteiger partial charge in [-0.25, -0.2) is 15.0 Å². The van der Waals surface area contributed by atoms with E-state index < -0.39 is 5.91 Å². The number of ether oxygens (including phenoxy) is 2. The van der Waals surface area contributed by atoms with Crippen molar-refractivity contribution < 1.29 is 14.3 Å². The minimum absolute atomic E-state index is 0.181. The van der Waals surface area contributed by atoms with Gasteiger partial charge in [0.05, 0.1) is 25.3 Å². The summed E-state index contributed by atoms with van der Waals surface area (Å²) in [6.07, 6.45) is 1.28. The van der Waals surface area contributed by atoms with Crippen LogP contribution in [0.25, 0.3) is 16.7 Å². The number of anilines is 1. The van der Waals surface area contributed by atoms with Gasteiger partial charge < -0.3 is 9.47 Å². The molecule has 140 valence electrons. The molecule has 0 aliphatic carbocycles. The first-order chi connectivity index (χ1) is 13.7. The maximum absolute atomic E-state index is 12.7. The van der Waals surface area contributed by atoms with E-state index in [9.17, 15) is 4.79 Å². The molecule has 28 heavy (non-hydrogen) atoms. The Morgan fingerprint density at radius 2 is 1.79 bits per heavy atom. The highest BCUT2D eigenvalue weighted by molar-refractivity contribution is 6.03. The molecule has 0 fully saturated rings. The fraction of sp³-hybridized carbons (Fsp3) is 0.100. The molecule has 2 aromatic heterocycles. The number of methoxy groups -OCH3 is 2. The van der Waals surface area contributed by atoms with Crippen molar-refractivity contribution in [2.24, 2.45) is 0 Å². The Kier molecular flexibility index (Phi) is 4.59. The summed E-state index contributed by atoms with van der Waals surface area (Å²) in [5.74, 6) is 1.02. The number of para-hydroxylation sites is 2. The molecule has 0 unspecified atom stereocenters. The lowest BCUT2D eigenvalue weighted by Crippen LogP contribution is -2.17. The second kappa shape index (κ2) is 7.36.